The van der Waals surface area contributed by atoms with Crippen LogP contribution < -0.4 is 14.8 Å². The summed E-state index contributed by atoms with van der Waals surface area (Å²) < 4.78 is 33.8. The highest BCUT2D eigenvalue weighted by atomic mass is 35.5. The van der Waals surface area contributed by atoms with Gasteiger partial charge in [-0.2, -0.15) is 17.4 Å². The minimum Gasteiger partial charge on any atom is -0.497 e. The van der Waals surface area contributed by atoms with E-state index in [0.29, 0.717) is 17.0 Å². The summed E-state index contributed by atoms with van der Waals surface area (Å²) in [6.45, 7) is 0. The van der Waals surface area contributed by atoms with Crippen LogP contribution in [0.3, 0.4) is 0 Å². The summed E-state index contributed by atoms with van der Waals surface area (Å²) in [4.78, 5) is 16.7. The largest absolute Gasteiger partial charge is 0.497 e. The summed E-state index contributed by atoms with van der Waals surface area (Å²) >= 11 is 5.97. The van der Waals surface area contributed by atoms with E-state index in [4.69, 9.17) is 16.3 Å². The van der Waals surface area contributed by atoms with Crippen LogP contribution in [-0.2, 0) is 15.0 Å². The summed E-state index contributed by atoms with van der Waals surface area (Å²) in [5, 5.41) is 2.78. The third-order valence-corrected chi connectivity index (χ3v) is 6.28. The molecule has 0 aliphatic carbocycles. The molecule has 1 aliphatic heterocycles. The molecule has 144 valence electrons. The number of amides is 1. The zero-order valence-corrected chi connectivity index (χ0v) is 16.3. The summed E-state index contributed by atoms with van der Waals surface area (Å²) in [6, 6.07) is 8.81. The fourth-order valence-electron chi connectivity index (χ4n) is 2.88. The number of rotatable bonds is 4. The lowest BCUT2D eigenvalue weighted by molar-refractivity contribution is -0.120. The monoisotopic (exact) mass is 410 g/mol. The first-order valence-corrected chi connectivity index (χ1v) is 9.94. The van der Waals surface area contributed by atoms with E-state index in [1.165, 1.54) is 20.4 Å². The average Bonchev–Trinajstić information content (AvgIpc) is 2.65. The number of ether oxygens (including phenoxy) is 1. The fourth-order valence-corrected chi connectivity index (χ4v) is 4.32. The predicted octanol–water partition coefficient (Wildman–Crippen LogP) is 1.96. The van der Waals surface area contributed by atoms with E-state index >= 15 is 0 Å². The minimum atomic E-state index is -3.84. The van der Waals surface area contributed by atoms with Crippen molar-refractivity contribution in [3.8, 4) is 5.75 Å². The molecule has 1 aliphatic rings. The molecule has 2 aromatic rings. The summed E-state index contributed by atoms with van der Waals surface area (Å²) in [7, 11) is -0.948. The maximum Gasteiger partial charge on any atom is 0.280 e. The zero-order valence-electron chi connectivity index (χ0n) is 14.7. The SMILES string of the molecule is COc1cccc(C2CC(C(=O)Nc3cccnc3Cl)N(C)S(=O)(=O)N2)c1. The van der Waals surface area contributed by atoms with Gasteiger partial charge in [-0.25, -0.2) is 4.98 Å². The Morgan fingerprint density at radius 3 is 2.85 bits per heavy atom. The Bertz CT molecular complexity index is 953. The molecule has 0 spiro atoms. The third-order valence-electron chi connectivity index (χ3n) is 4.38. The average molecular weight is 411 g/mol. The number of benzene rings is 1. The maximum absolute atomic E-state index is 12.8. The number of hydrogen-bond donors (Lipinski definition) is 2. The number of nitrogens with zero attached hydrogens (tertiary/aromatic N) is 2. The molecule has 1 aromatic carbocycles. The number of carbonyl (C=O) groups is 1. The quantitative estimate of drug-likeness (QED) is 0.750. The van der Waals surface area contributed by atoms with E-state index in [-0.39, 0.29) is 11.6 Å². The summed E-state index contributed by atoms with van der Waals surface area (Å²) in [5.41, 5.74) is 1.04. The molecule has 2 atom stereocenters. The van der Waals surface area contributed by atoms with Crippen LogP contribution in [0.1, 0.15) is 18.0 Å². The molecule has 1 saturated heterocycles. The molecule has 3 rings (SSSR count). The normalized spacial score (nSPS) is 22.2. The molecule has 8 nitrogen and oxygen atoms in total. The van der Waals surface area contributed by atoms with Gasteiger partial charge in [0.05, 0.1) is 18.8 Å². The van der Waals surface area contributed by atoms with E-state index in [0.717, 1.165) is 4.31 Å². The second-order valence-electron chi connectivity index (χ2n) is 6.05. The zero-order chi connectivity index (χ0) is 19.6. The second kappa shape index (κ2) is 7.81. The Morgan fingerprint density at radius 1 is 1.37 bits per heavy atom. The molecule has 1 amide bonds. The molecule has 10 heteroatoms. The molecular weight excluding hydrogens is 392 g/mol. The number of likely N-dealkylation sites (N-methyl/N-ethyl adjacent to an activating group) is 1. The first-order valence-electron chi connectivity index (χ1n) is 8.12. The number of carbonyl (C=O) groups excluding carboxylic acids is 1. The molecule has 0 saturated carbocycles. The van der Waals surface area contributed by atoms with Crippen LogP contribution >= 0.6 is 11.6 Å². The first kappa shape index (κ1) is 19.6. The Kier molecular flexibility index (Phi) is 5.66. The lowest BCUT2D eigenvalue weighted by atomic mass is 9.99. The van der Waals surface area contributed by atoms with Crippen LogP contribution in [0.2, 0.25) is 5.15 Å². The molecule has 2 heterocycles. The van der Waals surface area contributed by atoms with Crippen LogP contribution in [0.15, 0.2) is 42.6 Å². The number of hydrogen-bond acceptors (Lipinski definition) is 5. The smallest absolute Gasteiger partial charge is 0.280 e. The van der Waals surface area contributed by atoms with Crippen molar-refractivity contribution in [2.24, 2.45) is 0 Å². The Morgan fingerprint density at radius 2 is 2.15 bits per heavy atom. The lowest BCUT2D eigenvalue weighted by Crippen LogP contribution is -2.55. The third kappa shape index (κ3) is 4.22. The number of aromatic nitrogens is 1. The van der Waals surface area contributed by atoms with Crippen LogP contribution in [-0.4, -0.2) is 43.8 Å². The van der Waals surface area contributed by atoms with Gasteiger partial charge in [0, 0.05) is 13.2 Å². The highest BCUT2D eigenvalue weighted by Gasteiger charge is 2.40. The number of halogens is 1. The maximum atomic E-state index is 12.8. The van der Waals surface area contributed by atoms with Crippen LogP contribution in [0.5, 0.6) is 5.75 Å². The van der Waals surface area contributed by atoms with Crippen molar-refractivity contribution in [2.45, 2.75) is 18.5 Å². The standard InChI is InChI=1S/C17H19ClN4O4S/c1-22-15(17(23)20-13-7-4-8-19-16(13)18)10-14(21-27(22,24)25)11-5-3-6-12(9-11)26-2/h3-9,14-15,21H,10H2,1-2H3,(H,20,23). The Hall–Kier alpha value is -2.20. The molecule has 0 radical (unpaired) electrons. The first-order chi connectivity index (χ1) is 12.8. The van der Waals surface area contributed by atoms with Crippen molar-refractivity contribution in [1.82, 2.24) is 14.0 Å². The number of anilines is 1. The number of methoxy groups -OCH3 is 1. The predicted molar refractivity (Wildman–Crippen MR) is 102 cm³/mol. The van der Waals surface area contributed by atoms with Gasteiger partial charge in [-0.05, 0) is 36.2 Å². The topological polar surface area (TPSA) is 101 Å². The van der Waals surface area contributed by atoms with Gasteiger partial charge in [-0.3, -0.25) is 4.79 Å². The summed E-state index contributed by atoms with van der Waals surface area (Å²) in [5.74, 6) is 0.124. The van der Waals surface area contributed by atoms with E-state index < -0.39 is 28.2 Å². The highest BCUT2D eigenvalue weighted by molar-refractivity contribution is 7.87. The molecule has 0 bridgehead atoms. The molecule has 2 unspecified atom stereocenters. The molecule has 27 heavy (non-hydrogen) atoms. The number of pyridine rings is 1. The van der Waals surface area contributed by atoms with Gasteiger partial charge >= 0.3 is 0 Å². The van der Waals surface area contributed by atoms with E-state index in [1.807, 2.05) is 0 Å². The molecule has 2 N–H and O–H groups in total. The molecule has 1 aromatic heterocycles. The van der Waals surface area contributed by atoms with Crippen molar-refractivity contribution in [3.63, 3.8) is 0 Å². The van der Waals surface area contributed by atoms with Crippen molar-refractivity contribution in [3.05, 3.63) is 53.3 Å². The van der Waals surface area contributed by atoms with E-state index in [9.17, 15) is 13.2 Å². The van der Waals surface area contributed by atoms with Crippen LogP contribution in [0.4, 0.5) is 5.69 Å². The van der Waals surface area contributed by atoms with E-state index in [1.54, 1.807) is 36.4 Å². The van der Waals surface area contributed by atoms with Gasteiger partial charge in [0.25, 0.3) is 10.2 Å². The van der Waals surface area contributed by atoms with Crippen molar-refractivity contribution >= 4 is 33.4 Å². The van der Waals surface area contributed by atoms with Crippen molar-refractivity contribution in [2.75, 3.05) is 19.5 Å². The lowest BCUT2D eigenvalue weighted by Gasteiger charge is -2.36. The van der Waals surface area contributed by atoms with Gasteiger partial charge in [-0.1, -0.05) is 23.7 Å². The molecule has 1 fully saturated rings. The van der Waals surface area contributed by atoms with Crippen molar-refractivity contribution in [1.29, 1.82) is 0 Å². The fraction of sp³-hybridized carbons (Fsp3) is 0.294. The van der Waals surface area contributed by atoms with Gasteiger partial charge in [0.1, 0.15) is 11.8 Å². The van der Waals surface area contributed by atoms with Gasteiger partial charge < -0.3 is 10.1 Å². The van der Waals surface area contributed by atoms with Gasteiger partial charge in [0.2, 0.25) is 5.91 Å². The Labute approximate surface area is 162 Å². The minimum absolute atomic E-state index is 0.134. The molecular formula is C17H19ClN4O4S. The van der Waals surface area contributed by atoms with Crippen LogP contribution in [0.25, 0.3) is 0 Å². The van der Waals surface area contributed by atoms with E-state index in [2.05, 4.69) is 15.0 Å². The van der Waals surface area contributed by atoms with Crippen molar-refractivity contribution < 1.29 is 17.9 Å². The number of nitrogens with one attached hydrogen (secondary N) is 2. The van der Waals surface area contributed by atoms with Gasteiger partial charge in [0.15, 0.2) is 5.15 Å². The summed E-state index contributed by atoms with van der Waals surface area (Å²) in [6.07, 6.45) is 1.74. The van der Waals surface area contributed by atoms with Crippen LogP contribution in [0, 0.1) is 0 Å². The van der Waals surface area contributed by atoms with Gasteiger partial charge in [-0.15, -0.1) is 0 Å². The second-order valence-corrected chi connectivity index (χ2v) is 8.17. The Balaban J connectivity index is 1.87. The highest BCUT2D eigenvalue weighted by Crippen LogP contribution is 2.30.